The third-order valence-electron chi connectivity index (χ3n) is 12.2. The van der Waals surface area contributed by atoms with E-state index in [1.165, 1.54) is 34.9 Å². The summed E-state index contributed by atoms with van der Waals surface area (Å²) < 4.78 is 53.3. The summed E-state index contributed by atoms with van der Waals surface area (Å²) in [6, 6.07) is 13.1. The Morgan fingerprint density at radius 3 is 2.28 bits per heavy atom. The van der Waals surface area contributed by atoms with Gasteiger partial charge in [-0.1, -0.05) is 70.5 Å². The zero-order valence-corrected chi connectivity index (χ0v) is 41.7. The van der Waals surface area contributed by atoms with E-state index in [0.29, 0.717) is 22.6 Å². The predicted molar refractivity (Wildman–Crippen MR) is 263 cm³/mol. The SMILES string of the molecule is Cc1ccc(F)c(-c2cn(Cc3cccc(F)c3)c(C(N(CC3CN(C(=O)OCc4ccc(NC(=O)C(CCCNC(N)=O)NC(=O)C(NC(=O)CN)C(C)C)cc4)CC3F)C(=O)C(C)O)C(C)(C)C)n2)c1. The molecule has 1 fully saturated rings. The van der Waals surface area contributed by atoms with Crippen LogP contribution < -0.4 is 32.7 Å². The van der Waals surface area contributed by atoms with Crippen LogP contribution in [0.15, 0.2) is 72.9 Å². The molecule has 21 heteroatoms. The lowest BCUT2D eigenvalue weighted by Gasteiger charge is -2.41. The first-order valence-electron chi connectivity index (χ1n) is 23.8. The number of aliphatic hydroxyl groups is 1. The zero-order chi connectivity index (χ0) is 53.0. The molecule has 9 N–H and O–H groups in total. The Morgan fingerprint density at radius 2 is 1.65 bits per heavy atom. The third-order valence-corrected chi connectivity index (χ3v) is 12.2. The van der Waals surface area contributed by atoms with E-state index in [4.69, 9.17) is 21.2 Å². The summed E-state index contributed by atoms with van der Waals surface area (Å²) in [7, 11) is 0. The highest BCUT2D eigenvalue weighted by atomic mass is 19.1. The van der Waals surface area contributed by atoms with Gasteiger partial charge in [-0.3, -0.25) is 19.2 Å². The van der Waals surface area contributed by atoms with Crippen molar-refractivity contribution in [3.05, 3.63) is 107 Å². The van der Waals surface area contributed by atoms with E-state index in [2.05, 4.69) is 21.3 Å². The van der Waals surface area contributed by atoms with Crippen LogP contribution in [0.4, 0.5) is 28.4 Å². The van der Waals surface area contributed by atoms with E-state index < -0.39 is 89.1 Å². The fraction of sp³-hybridized carbons (Fsp3) is 0.471. The molecule has 390 valence electrons. The molecule has 6 atom stereocenters. The van der Waals surface area contributed by atoms with Gasteiger partial charge in [0.05, 0.1) is 24.8 Å². The molecule has 4 aromatic rings. The summed E-state index contributed by atoms with van der Waals surface area (Å²) in [5, 5.41) is 21.2. The number of ether oxygens (including phenoxy) is 1. The van der Waals surface area contributed by atoms with Gasteiger partial charge in [0.2, 0.25) is 17.7 Å². The number of rotatable bonds is 21. The number of carbonyl (C=O) groups excluding carboxylic acids is 6. The molecule has 1 aliphatic heterocycles. The molecule has 7 amide bonds. The number of halogens is 3. The fourth-order valence-electron chi connectivity index (χ4n) is 8.50. The normalized spacial score (nSPS) is 16.3. The predicted octanol–water partition coefficient (Wildman–Crippen LogP) is 5.06. The molecule has 5 rings (SSSR count). The van der Waals surface area contributed by atoms with E-state index in [1.54, 1.807) is 73.1 Å². The molecule has 72 heavy (non-hydrogen) atoms. The highest BCUT2D eigenvalue weighted by Gasteiger charge is 2.44. The van der Waals surface area contributed by atoms with Gasteiger partial charge in [0.1, 0.15) is 48.4 Å². The Hall–Kier alpha value is -7.00. The van der Waals surface area contributed by atoms with Gasteiger partial charge in [-0.25, -0.2) is 27.7 Å². The number of likely N-dealkylation sites (tertiary alicyclic amines) is 1. The molecule has 1 aromatic heterocycles. The number of anilines is 1. The van der Waals surface area contributed by atoms with E-state index in [9.17, 15) is 38.3 Å². The van der Waals surface area contributed by atoms with Gasteiger partial charge in [0.15, 0.2) is 0 Å². The van der Waals surface area contributed by atoms with Crippen LogP contribution >= 0.6 is 0 Å². The number of nitrogens with two attached hydrogens (primary N) is 2. The number of primary amides is 1. The van der Waals surface area contributed by atoms with Crippen molar-refractivity contribution < 1.29 is 51.8 Å². The Balaban J connectivity index is 1.29. The molecule has 0 aliphatic carbocycles. The molecule has 0 bridgehead atoms. The number of benzene rings is 3. The number of carbonyl (C=O) groups is 6. The van der Waals surface area contributed by atoms with Crippen molar-refractivity contribution in [2.75, 3.05) is 38.0 Å². The molecule has 18 nitrogen and oxygen atoms in total. The molecular weight excluding hydrogens is 938 g/mol. The molecule has 1 aliphatic rings. The van der Waals surface area contributed by atoms with Crippen LogP contribution in [0.2, 0.25) is 0 Å². The maximum absolute atomic E-state index is 16.1. The number of imidazole rings is 1. The first-order valence-corrected chi connectivity index (χ1v) is 23.8. The molecule has 0 radical (unpaired) electrons. The summed E-state index contributed by atoms with van der Waals surface area (Å²) in [4.78, 5) is 85.0. The quantitative estimate of drug-likeness (QED) is 0.0546. The Morgan fingerprint density at radius 1 is 0.944 bits per heavy atom. The van der Waals surface area contributed by atoms with Crippen LogP contribution in [0.25, 0.3) is 11.3 Å². The first kappa shape index (κ1) is 55.9. The van der Waals surface area contributed by atoms with Gasteiger partial charge in [0.25, 0.3) is 5.91 Å². The molecule has 0 saturated carbocycles. The summed E-state index contributed by atoms with van der Waals surface area (Å²) in [5.41, 5.74) is 12.4. The van der Waals surface area contributed by atoms with Crippen LogP contribution in [0.3, 0.4) is 0 Å². The van der Waals surface area contributed by atoms with E-state index in [-0.39, 0.29) is 75.9 Å². The van der Waals surface area contributed by atoms with Crippen molar-refractivity contribution in [3.8, 4) is 11.3 Å². The number of hydrogen-bond acceptors (Lipinski definition) is 10. The number of aromatic nitrogens is 2. The minimum absolute atomic E-state index is 0.0834. The van der Waals surface area contributed by atoms with Gasteiger partial charge >= 0.3 is 12.1 Å². The average Bonchev–Trinajstić information content (AvgIpc) is 3.90. The summed E-state index contributed by atoms with van der Waals surface area (Å²) >= 11 is 0. The lowest BCUT2D eigenvalue weighted by Crippen LogP contribution is -2.55. The van der Waals surface area contributed by atoms with Crippen LogP contribution in [-0.2, 0) is 37.1 Å². The summed E-state index contributed by atoms with van der Waals surface area (Å²) in [6.07, 6.45) is -1.94. The maximum Gasteiger partial charge on any atom is 0.410 e. The molecular formula is C51H67F3N10O8. The Kier molecular flexibility index (Phi) is 19.3. The number of aliphatic hydroxyl groups excluding tert-OH is 1. The average molecular weight is 1010 g/mol. The van der Waals surface area contributed by atoms with Crippen molar-refractivity contribution >= 4 is 41.4 Å². The van der Waals surface area contributed by atoms with Crippen molar-refractivity contribution in [2.45, 2.75) is 105 Å². The van der Waals surface area contributed by atoms with Gasteiger partial charge in [-0.2, -0.15) is 0 Å². The second kappa shape index (κ2) is 24.9. The summed E-state index contributed by atoms with van der Waals surface area (Å²) in [5.74, 6) is -4.44. The number of alkyl halides is 1. The zero-order valence-electron chi connectivity index (χ0n) is 41.7. The molecule has 2 heterocycles. The Bertz CT molecular complexity index is 2550. The van der Waals surface area contributed by atoms with Gasteiger partial charge in [-0.15, -0.1) is 0 Å². The number of aryl methyl sites for hydroxylation is 1. The van der Waals surface area contributed by atoms with Crippen LogP contribution in [0.5, 0.6) is 0 Å². The molecule has 0 spiro atoms. The van der Waals surface area contributed by atoms with E-state index in [0.717, 1.165) is 5.56 Å². The van der Waals surface area contributed by atoms with E-state index in [1.807, 2.05) is 27.7 Å². The highest BCUT2D eigenvalue weighted by Crippen LogP contribution is 2.41. The second-order valence-electron chi connectivity index (χ2n) is 19.6. The largest absolute Gasteiger partial charge is 0.445 e. The molecule has 6 unspecified atom stereocenters. The number of urea groups is 1. The standard InChI is InChI=1S/C51H67F3N10O8/c1-29(2)43(61-42(66)22-55)47(68)60-40(12-9-19-57-49(56)70)46(67)58-36-16-14-32(15-17-36)28-72-50(71)63-24-34(39(54)26-63)25-64(48(69)31(4)65)44(51(5,6)7)45-59-41(37-20-30(3)13-18-38(37)53)27-62(45)23-33-10-8-11-35(52)21-33/h8,10-11,13-18,20-21,27,29,31,34,39-40,43-44,65H,9,12,19,22-26,28,55H2,1-7H3,(H,58,67)(H,60,68)(H,61,66)(H3,56,57,70). The van der Waals surface area contributed by atoms with Crippen molar-refractivity contribution in [3.63, 3.8) is 0 Å². The number of hydrogen-bond donors (Lipinski definition) is 7. The third kappa shape index (κ3) is 15.3. The first-order chi connectivity index (χ1) is 33.9. The monoisotopic (exact) mass is 1000 g/mol. The van der Waals surface area contributed by atoms with Crippen molar-refractivity contribution in [1.82, 2.24) is 35.3 Å². The minimum Gasteiger partial charge on any atom is -0.445 e. The number of amides is 7. The van der Waals surface area contributed by atoms with Crippen LogP contribution in [0.1, 0.15) is 82.9 Å². The van der Waals surface area contributed by atoms with E-state index >= 15 is 8.78 Å². The fourth-order valence-corrected chi connectivity index (χ4v) is 8.50. The smallest absolute Gasteiger partial charge is 0.410 e. The topological polar surface area (TPSA) is 256 Å². The van der Waals surface area contributed by atoms with Gasteiger partial charge in [0, 0.05) is 49.5 Å². The number of nitrogens with one attached hydrogen (secondary N) is 4. The lowest BCUT2D eigenvalue weighted by atomic mass is 9.84. The maximum atomic E-state index is 16.1. The van der Waals surface area contributed by atoms with Crippen molar-refractivity contribution in [2.24, 2.45) is 28.7 Å². The molecule has 3 aromatic carbocycles. The lowest BCUT2D eigenvalue weighted by molar-refractivity contribution is -0.146. The second-order valence-corrected chi connectivity index (χ2v) is 19.6. The van der Waals surface area contributed by atoms with Crippen LogP contribution in [0, 0.1) is 35.8 Å². The highest BCUT2D eigenvalue weighted by molar-refractivity contribution is 5.98. The minimum atomic E-state index is -1.61. The number of nitrogens with zero attached hydrogens (tertiary/aromatic N) is 4. The summed E-state index contributed by atoms with van der Waals surface area (Å²) in [6.45, 7) is 11.0. The molecule has 1 saturated heterocycles. The van der Waals surface area contributed by atoms with Gasteiger partial charge < -0.3 is 56.9 Å². The Labute approximate surface area is 417 Å². The van der Waals surface area contributed by atoms with Crippen LogP contribution in [-0.4, -0.2) is 117 Å². The van der Waals surface area contributed by atoms with Gasteiger partial charge in [-0.05, 0) is 85.5 Å². The van der Waals surface area contributed by atoms with Crippen molar-refractivity contribution in [1.29, 1.82) is 0 Å².